The van der Waals surface area contributed by atoms with Crippen molar-refractivity contribution in [1.82, 2.24) is 15.0 Å². The lowest BCUT2D eigenvalue weighted by atomic mass is 10.1. The summed E-state index contributed by atoms with van der Waals surface area (Å²) >= 11 is 2.62. The first-order valence-electron chi connectivity index (χ1n) is 8.55. The number of carbonyl (C=O) groups excluding carboxylic acids is 1. The van der Waals surface area contributed by atoms with E-state index in [0.29, 0.717) is 21.2 Å². The molecule has 0 radical (unpaired) electrons. The van der Waals surface area contributed by atoms with Crippen molar-refractivity contribution < 1.29 is 4.79 Å². The van der Waals surface area contributed by atoms with E-state index < -0.39 is 0 Å². The normalized spacial score (nSPS) is 10.9. The molecule has 2 heterocycles. The lowest BCUT2D eigenvalue weighted by molar-refractivity contribution is -0.113. The summed E-state index contributed by atoms with van der Waals surface area (Å²) in [7, 11) is 0. The molecule has 2 aromatic heterocycles. The van der Waals surface area contributed by atoms with Gasteiger partial charge < -0.3 is 10.3 Å². The Labute approximate surface area is 169 Å². The first-order chi connectivity index (χ1) is 13.6. The molecule has 0 fully saturated rings. The van der Waals surface area contributed by atoms with Crippen LogP contribution in [0.4, 0.5) is 5.13 Å². The standard InChI is InChI=1S/C20H16N4O2S2/c1-12-17(13-7-3-2-4-8-13)23-20(28-12)22-16(25)11-27-19-21-15-10-6-5-9-14(15)18(26)24-19/h2-10H,11H2,1H3,(H,21,24,26)(H,22,23,25). The van der Waals surface area contributed by atoms with Gasteiger partial charge >= 0.3 is 0 Å². The molecule has 0 aliphatic heterocycles. The lowest BCUT2D eigenvalue weighted by Crippen LogP contribution is -2.15. The first kappa shape index (κ1) is 18.4. The number of hydrogen-bond acceptors (Lipinski definition) is 6. The van der Waals surface area contributed by atoms with E-state index in [1.165, 1.54) is 23.1 Å². The van der Waals surface area contributed by atoms with Crippen LogP contribution in [0.25, 0.3) is 22.2 Å². The summed E-state index contributed by atoms with van der Waals surface area (Å²) in [4.78, 5) is 37.1. The quantitative estimate of drug-likeness (QED) is 0.384. The third kappa shape index (κ3) is 3.97. The predicted molar refractivity (Wildman–Crippen MR) is 114 cm³/mol. The van der Waals surface area contributed by atoms with Crippen molar-refractivity contribution in [2.45, 2.75) is 12.1 Å². The van der Waals surface area contributed by atoms with Crippen LogP contribution in [0.15, 0.2) is 64.5 Å². The molecule has 1 amide bonds. The zero-order valence-electron chi connectivity index (χ0n) is 14.9. The minimum Gasteiger partial charge on any atom is -0.301 e. The fourth-order valence-electron chi connectivity index (χ4n) is 2.74. The molecule has 0 unspecified atom stereocenters. The smallest absolute Gasteiger partial charge is 0.259 e. The highest BCUT2D eigenvalue weighted by Gasteiger charge is 2.13. The number of thiazole rings is 1. The first-order valence-corrected chi connectivity index (χ1v) is 10.3. The topological polar surface area (TPSA) is 87.7 Å². The van der Waals surface area contributed by atoms with Crippen molar-refractivity contribution in [3.05, 3.63) is 69.8 Å². The van der Waals surface area contributed by atoms with Gasteiger partial charge in [-0.15, -0.1) is 11.3 Å². The van der Waals surface area contributed by atoms with E-state index in [4.69, 9.17) is 0 Å². The van der Waals surface area contributed by atoms with Gasteiger partial charge in [-0.3, -0.25) is 9.59 Å². The Bertz CT molecular complexity index is 1200. The summed E-state index contributed by atoms with van der Waals surface area (Å²) in [5.74, 6) is -0.0743. The Morgan fingerprint density at radius 1 is 1.11 bits per heavy atom. The van der Waals surface area contributed by atoms with Gasteiger partial charge in [-0.05, 0) is 19.1 Å². The minimum absolute atomic E-state index is 0.126. The zero-order valence-corrected chi connectivity index (χ0v) is 16.6. The molecule has 0 saturated heterocycles. The highest BCUT2D eigenvalue weighted by molar-refractivity contribution is 7.99. The summed E-state index contributed by atoms with van der Waals surface area (Å²) in [6, 6.07) is 17.0. The molecule has 28 heavy (non-hydrogen) atoms. The molecule has 8 heteroatoms. The molecule has 0 aliphatic rings. The fourth-order valence-corrected chi connectivity index (χ4v) is 4.26. The van der Waals surface area contributed by atoms with Crippen LogP contribution in [-0.4, -0.2) is 26.6 Å². The van der Waals surface area contributed by atoms with Crippen molar-refractivity contribution in [2.75, 3.05) is 11.1 Å². The zero-order chi connectivity index (χ0) is 19.5. The third-order valence-electron chi connectivity index (χ3n) is 4.02. The molecule has 4 aromatic rings. The second-order valence-corrected chi connectivity index (χ2v) is 8.18. The number of rotatable bonds is 5. The van der Waals surface area contributed by atoms with E-state index in [9.17, 15) is 9.59 Å². The number of thioether (sulfide) groups is 1. The predicted octanol–water partition coefficient (Wildman–Crippen LogP) is 4.09. The van der Waals surface area contributed by atoms with Gasteiger partial charge in [0.1, 0.15) is 0 Å². The number of anilines is 1. The van der Waals surface area contributed by atoms with Crippen molar-refractivity contribution in [3.63, 3.8) is 0 Å². The molecule has 6 nitrogen and oxygen atoms in total. The molecule has 2 aromatic carbocycles. The highest BCUT2D eigenvalue weighted by atomic mass is 32.2. The van der Waals surface area contributed by atoms with Crippen LogP contribution in [0.1, 0.15) is 4.88 Å². The number of aryl methyl sites for hydroxylation is 1. The molecule has 2 N–H and O–H groups in total. The maximum Gasteiger partial charge on any atom is 0.259 e. The minimum atomic E-state index is -0.212. The van der Waals surface area contributed by atoms with Gasteiger partial charge in [0.2, 0.25) is 5.91 Å². The molecular formula is C20H16N4O2S2. The number of nitrogens with zero attached hydrogens (tertiary/aromatic N) is 2. The largest absolute Gasteiger partial charge is 0.301 e. The summed E-state index contributed by atoms with van der Waals surface area (Å²) in [6.07, 6.45) is 0. The average molecular weight is 409 g/mol. The number of H-pyrrole nitrogens is 1. The summed E-state index contributed by atoms with van der Waals surface area (Å²) < 4.78 is 0. The molecule has 0 bridgehead atoms. The Kier molecular flexibility index (Phi) is 5.23. The fraction of sp³-hybridized carbons (Fsp3) is 0.100. The van der Waals surface area contributed by atoms with Crippen LogP contribution < -0.4 is 10.9 Å². The van der Waals surface area contributed by atoms with Crippen LogP contribution in [0, 0.1) is 6.92 Å². The Hall–Kier alpha value is -2.97. The van der Waals surface area contributed by atoms with Crippen molar-refractivity contribution in [3.8, 4) is 11.3 Å². The van der Waals surface area contributed by atoms with Gasteiger partial charge in [-0.1, -0.05) is 54.2 Å². The SMILES string of the molecule is Cc1sc(NC(=O)CSc2nc3ccccc3c(=O)[nH]2)nc1-c1ccccc1. The number of para-hydroxylation sites is 1. The van der Waals surface area contributed by atoms with Crippen molar-refractivity contribution in [2.24, 2.45) is 0 Å². The molecule has 0 spiro atoms. The van der Waals surface area contributed by atoms with E-state index in [1.807, 2.05) is 43.3 Å². The number of nitrogens with one attached hydrogen (secondary N) is 2. The van der Waals surface area contributed by atoms with E-state index in [2.05, 4.69) is 20.3 Å². The van der Waals surface area contributed by atoms with Gasteiger partial charge in [0.05, 0.1) is 22.3 Å². The van der Waals surface area contributed by atoms with E-state index in [1.54, 1.807) is 18.2 Å². The summed E-state index contributed by atoms with van der Waals surface area (Å²) in [5.41, 5.74) is 2.28. The van der Waals surface area contributed by atoms with E-state index in [0.717, 1.165) is 16.1 Å². The molecule has 0 atom stereocenters. The number of aromatic nitrogens is 3. The maximum atomic E-state index is 12.3. The van der Waals surface area contributed by atoms with Gasteiger partial charge in [0, 0.05) is 10.4 Å². The van der Waals surface area contributed by atoms with Gasteiger partial charge in [-0.2, -0.15) is 0 Å². The Balaban J connectivity index is 1.43. The molecule has 0 saturated carbocycles. The number of fused-ring (bicyclic) bond motifs is 1. The number of carbonyl (C=O) groups is 1. The van der Waals surface area contributed by atoms with Crippen LogP contribution in [-0.2, 0) is 4.79 Å². The van der Waals surface area contributed by atoms with Crippen molar-refractivity contribution in [1.29, 1.82) is 0 Å². The van der Waals surface area contributed by atoms with Gasteiger partial charge in [-0.25, -0.2) is 9.97 Å². The third-order valence-corrected chi connectivity index (χ3v) is 5.78. The second kappa shape index (κ2) is 7.95. The van der Waals surface area contributed by atoms with Gasteiger partial charge in [0.15, 0.2) is 10.3 Å². The number of amides is 1. The average Bonchev–Trinajstić information content (AvgIpc) is 3.07. The van der Waals surface area contributed by atoms with Crippen LogP contribution in [0.3, 0.4) is 0 Å². The Morgan fingerprint density at radius 3 is 2.68 bits per heavy atom. The second-order valence-electron chi connectivity index (χ2n) is 6.01. The van der Waals surface area contributed by atoms with Gasteiger partial charge in [0.25, 0.3) is 5.56 Å². The number of hydrogen-bond donors (Lipinski definition) is 2. The monoisotopic (exact) mass is 408 g/mol. The summed E-state index contributed by atoms with van der Waals surface area (Å²) in [6.45, 7) is 1.98. The summed E-state index contributed by atoms with van der Waals surface area (Å²) in [5, 5.41) is 4.33. The molecule has 140 valence electrons. The Morgan fingerprint density at radius 2 is 1.86 bits per heavy atom. The van der Waals surface area contributed by atoms with Crippen molar-refractivity contribution >= 4 is 45.0 Å². The van der Waals surface area contributed by atoms with Crippen LogP contribution in [0.2, 0.25) is 0 Å². The van der Waals surface area contributed by atoms with E-state index in [-0.39, 0.29) is 17.2 Å². The van der Waals surface area contributed by atoms with E-state index >= 15 is 0 Å². The van der Waals surface area contributed by atoms with Crippen LogP contribution in [0.5, 0.6) is 0 Å². The molecule has 4 rings (SSSR count). The highest BCUT2D eigenvalue weighted by Crippen LogP contribution is 2.30. The lowest BCUT2D eigenvalue weighted by Gasteiger charge is -2.03. The molecular weight excluding hydrogens is 392 g/mol. The number of aromatic amines is 1. The van der Waals surface area contributed by atoms with Crippen LogP contribution >= 0.6 is 23.1 Å². The maximum absolute atomic E-state index is 12.3. The number of benzene rings is 2. The molecule has 0 aliphatic carbocycles.